The average molecular weight is 235 g/mol. The zero-order chi connectivity index (χ0) is 11.2. The van der Waals surface area contributed by atoms with E-state index in [0.717, 1.165) is 0 Å². The van der Waals surface area contributed by atoms with Crippen LogP contribution >= 0.6 is 0 Å². The van der Waals surface area contributed by atoms with Crippen LogP contribution in [0.3, 0.4) is 0 Å². The second-order valence-electron chi connectivity index (χ2n) is 3.31. The Morgan fingerprint density at radius 1 is 1.43 bits per heavy atom. The minimum atomic E-state index is -5.16. The van der Waals surface area contributed by atoms with Crippen LogP contribution in [0.4, 0.5) is 17.6 Å². The Bertz CT molecular complexity index is 325. The van der Waals surface area contributed by atoms with Crippen molar-refractivity contribution in [3.63, 3.8) is 0 Å². The van der Waals surface area contributed by atoms with Crippen molar-refractivity contribution in [2.24, 2.45) is 0 Å². The van der Waals surface area contributed by atoms with Gasteiger partial charge in [0.15, 0.2) is 9.84 Å². The van der Waals surface area contributed by atoms with E-state index in [9.17, 15) is 26.0 Å². The van der Waals surface area contributed by atoms with Crippen molar-refractivity contribution in [2.75, 3.05) is 19.3 Å². The molecule has 0 bridgehead atoms. The maximum absolute atomic E-state index is 13.4. The van der Waals surface area contributed by atoms with Crippen LogP contribution in [0.2, 0.25) is 0 Å². The summed E-state index contributed by atoms with van der Waals surface area (Å²) in [7, 11) is -4.05. The van der Waals surface area contributed by atoms with Crippen LogP contribution in [0, 0.1) is 0 Å². The lowest BCUT2D eigenvalue weighted by Gasteiger charge is -2.27. The van der Waals surface area contributed by atoms with E-state index in [1.807, 2.05) is 0 Å². The molecule has 8 heteroatoms. The summed E-state index contributed by atoms with van der Waals surface area (Å²) in [5.74, 6) is 0. The first kappa shape index (κ1) is 11.7. The molecule has 84 valence electrons. The first-order chi connectivity index (χ1) is 6.09. The van der Waals surface area contributed by atoms with Gasteiger partial charge in [0, 0.05) is 19.3 Å². The monoisotopic (exact) mass is 235 g/mol. The van der Waals surface area contributed by atoms with Gasteiger partial charge in [-0.2, -0.15) is 13.2 Å². The van der Waals surface area contributed by atoms with Crippen molar-refractivity contribution < 1.29 is 26.0 Å². The Morgan fingerprint density at radius 2 is 1.93 bits per heavy atom. The van der Waals surface area contributed by atoms with Crippen molar-refractivity contribution in [1.82, 2.24) is 5.32 Å². The minimum Gasteiger partial charge on any atom is -0.312 e. The Balaban J connectivity index is 3.11. The molecule has 0 aliphatic carbocycles. The molecule has 0 radical (unpaired) electrons. The van der Waals surface area contributed by atoms with E-state index in [4.69, 9.17) is 0 Å². The third kappa shape index (κ3) is 1.72. The highest BCUT2D eigenvalue weighted by molar-refractivity contribution is 7.91. The summed E-state index contributed by atoms with van der Waals surface area (Å²) < 4.78 is 72.0. The van der Waals surface area contributed by atoms with Crippen LogP contribution < -0.4 is 5.32 Å². The summed E-state index contributed by atoms with van der Waals surface area (Å²) in [4.78, 5) is 0. The molecule has 2 unspecified atom stereocenters. The van der Waals surface area contributed by atoms with Gasteiger partial charge in [0.05, 0.1) is 0 Å². The molecule has 2 atom stereocenters. The number of hydrogen-bond donors (Lipinski definition) is 1. The molecule has 0 aromatic rings. The number of rotatable bonds is 1. The van der Waals surface area contributed by atoms with Gasteiger partial charge in [0.2, 0.25) is 5.67 Å². The number of alkyl halides is 4. The molecule has 0 saturated carbocycles. The molecule has 1 aliphatic heterocycles. The lowest BCUT2D eigenvalue weighted by molar-refractivity contribution is -0.221. The Hall–Kier alpha value is -0.370. The SMILES string of the molecule is CS(=O)(=O)C1CNCC1(F)C(F)(F)F. The Labute approximate surface area is 78.4 Å². The topological polar surface area (TPSA) is 46.2 Å². The number of hydrogen-bond acceptors (Lipinski definition) is 3. The third-order valence-corrected chi connectivity index (χ3v) is 3.78. The molecule has 1 saturated heterocycles. The fourth-order valence-corrected chi connectivity index (χ4v) is 2.75. The molecule has 14 heavy (non-hydrogen) atoms. The zero-order valence-corrected chi connectivity index (χ0v) is 8.04. The van der Waals surface area contributed by atoms with Crippen molar-refractivity contribution in [3.05, 3.63) is 0 Å². The van der Waals surface area contributed by atoms with Gasteiger partial charge >= 0.3 is 6.18 Å². The van der Waals surface area contributed by atoms with Crippen molar-refractivity contribution in [3.8, 4) is 0 Å². The van der Waals surface area contributed by atoms with Gasteiger partial charge in [-0.15, -0.1) is 0 Å². The van der Waals surface area contributed by atoms with Gasteiger partial charge in [-0.25, -0.2) is 12.8 Å². The fraction of sp³-hybridized carbons (Fsp3) is 1.00. The largest absolute Gasteiger partial charge is 0.425 e. The highest BCUT2D eigenvalue weighted by Crippen LogP contribution is 2.41. The first-order valence-corrected chi connectivity index (χ1v) is 5.70. The fourth-order valence-electron chi connectivity index (χ4n) is 1.43. The van der Waals surface area contributed by atoms with Gasteiger partial charge in [-0.05, 0) is 0 Å². The Kier molecular flexibility index (Phi) is 2.56. The highest BCUT2D eigenvalue weighted by Gasteiger charge is 2.65. The summed E-state index contributed by atoms with van der Waals surface area (Å²) in [6, 6.07) is 0. The van der Waals surface area contributed by atoms with Crippen molar-refractivity contribution >= 4 is 9.84 Å². The minimum absolute atomic E-state index is 0.505. The molecular weight excluding hydrogens is 226 g/mol. The highest BCUT2D eigenvalue weighted by atomic mass is 32.2. The van der Waals surface area contributed by atoms with E-state index in [0.29, 0.717) is 6.26 Å². The van der Waals surface area contributed by atoms with Gasteiger partial charge in [-0.1, -0.05) is 0 Å². The van der Waals surface area contributed by atoms with E-state index in [1.165, 1.54) is 0 Å². The van der Waals surface area contributed by atoms with E-state index in [2.05, 4.69) is 5.32 Å². The van der Waals surface area contributed by atoms with E-state index >= 15 is 0 Å². The van der Waals surface area contributed by atoms with Gasteiger partial charge in [0.1, 0.15) is 5.25 Å². The summed E-state index contributed by atoms with van der Waals surface area (Å²) in [5.41, 5.74) is -3.67. The lowest BCUT2D eigenvalue weighted by Crippen LogP contribution is -2.53. The quantitative estimate of drug-likeness (QED) is 0.664. The van der Waals surface area contributed by atoms with Gasteiger partial charge < -0.3 is 5.32 Å². The second-order valence-corrected chi connectivity index (χ2v) is 5.54. The van der Waals surface area contributed by atoms with Gasteiger partial charge in [0.25, 0.3) is 0 Å². The predicted octanol–water partition coefficient (Wildman–Crippen LogP) is 0.273. The van der Waals surface area contributed by atoms with Crippen molar-refractivity contribution in [2.45, 2.75) is 17.1 Å². The predicted molar refractivity (Wildman–Crippen MR) is 41.4 cm³/mol. The summed E-state index contributed by atoms with van der Waals surface area (Å²) >= 11 is 0. The summed E-state index contributed by atoms with van der Waals surface area (Å²) in [5, 5.41) is 0.0556. The van der Waals surface area contributed by atoms with E-state index < -0.39 is 40.0 Å². The molecule has 3 nitrogen and oxygen atoms in total. The van der Waals surface area contributed by atoms with Crippen LogP contribution in [-0.4, -0.2) is 44.9 Å². The summed E-state index contributed by atoms with van der Waals surface area (Å²) in [6.45, 7) is -1.51. The van der Waals surface area contributed by atoms with E-state index in [-0.39, 0.29) is 0 Å². The standard InChI is InChI=1S/C6H9F4NO2S/c1-14(12,13)4-2-11-3-5(4,7)6(8,9)10/h4,11H,2-3H2,1H3. The molecule has 1 fully saturated rings. The molecule has 1 rings (SSSR count). The van der Waals surface area contributed by atoms with Gasteiger partial charge in [-0.3, -0.25) is 0 Å². The van der Waals surface area contributed by atoms with Crippen LogP contribution in [0.15, 0.2) is 0 Å². The van der Waals surface area contributed by atoms with Crippen LogP contribution in [0.1, 0.15) is 0 Å². The number of nitrogens with one attached hydrogen (secondary N) is 1. The average Bonchev–Trinajstić information content (AvgIpc) is 2.28. The molecular formula is C6H9F4NO2S. The maximum Gasteiger partial charge on any atom is 0.425 e. The summed E-state index contributed by atoms with van der Waals surface area (Å²) in [6.07, 6.45) is -4.56. The maximum atomic E-state index is 13.4. The normalized spacial score (nSPS) is 34.8. The van der Waals surface area contributed by atoms with E-state index in [1.54, 1.807) is 0 Å². The third-order valence-electron chi connectivity index (χ3n) is 2.21. The molecule has 1 aliphatic rings. The van der Waals surface area contributed by atoms with Crippen LogP contribution in [0.25, 0.3) is 0 Å². The molecule has 0 aromatic heterocycles. The Morgan fingerprint density at radius 3 is 2.21 bits per heavy atom. The second kappa shape index (κ2) is 3.06. The first-order valence-electron chi connectivity index (χ1n) is 3.74. The molecule has 0 amide bonds. The number of halogens is 4. The van der Waals surface area contributed by atoms with Crippen LogP contribution in [0.5, 0.6) is 0 Å². The lowest BCUT2D eigenvalue weighted by atomic mass is 10.1. The smallest absolute Gasteiger partial charge is 0.312 e. The zero-order valence-electron chi connectivity index (χ0n) is 7.23. The van der Waals surface area contributed by atoms with Crippen LogP contribution in [-0.2, 0) is 9.84 Å². The molecule has 1 heterocycles. The molecule has 0 aromatic carbocycles. The molecule has 1 N–H and O–H groups in total. The number of sulfone groups is 1. The van der Waals surface area contributed by atoms with Crippen molar-refractivity contribution in [1.29, 1.82) is 0 Å². The molecule has 0 spiro atoms.